The van der Waals surface area contributed by atoms with E-state index in [1.165, 1.54) is 12.1 Å². The second kappa shape index (κ2) is 5.90. The van der Waals surface area contributed by atoms with Crippen LogP contribution in [-0.4, -0.2) is 30.3 Å². The summed E-state index contributed by atoms with van der Waals surface area (Å²) in [6.45, 7) is 1.24. The average molecular weight is 273 g/mol. The molecule has 106 valence electrons. The van der Waals surface area contributed by atoms with E-state index in [2.05, 4.69) is 5.32 Å². The van der Waals surface area contributed by atoms with Crippen LogP contribution in [0, 0.1) is 0 Å². The number of hydrogen-bond acceptors (Lipinski definition) is 3. The first-order valence-electron chi connectivity index (χ1n) is 6.34. The first-order valence-corrected chi connectivity index (χ1v) is 6.34. The zero-order valence-corrected chi connectivity index (χ0v) is 10.5. The Kier molecular flexibility index (Phi) is 4.44. The van der Waals surface area contributed by atoms with Gasteiger partial charge in [0.2, 0.25) is 0 Å². The summed E-state index contributed by atoms with van der Waals surface area (Å²) in [5.41, 5.74) is 0.255. The lowest BCUT2D eigenvalue weighted by atomic mass is 10.0. The number of piperidine rings is 1. The number of nitrogens with two attached hydrogens (primary N) is 1. The minimum Gasteiger partial charge on any atom is -0.300 e. The SMILES string of the molecule is NN1CCC(NC(c2ccccc2)C(F)(F)F)CC1. The van der Waals surface area contributed by atoms with Crippen molar-refractivity contribution in [3.05, 3.63) is 35.9 Å². The Balaban J connectivity index is 2.07. The summed E-state index contributed by atoms with van der Waals surface area (Å²) in [7, 11) is 0. The van der Waals surface area contributed by atoms with Crippen LogP contribution in [0.15, 0.2) is 30.3 Å². The monoisotopic (exact) mass is 273 g/mol. The largest absolute Gasteiger partial charge is 0.407 e. The van der Waals surface area contributed by atoms with E-state index in [0.717, 1.165) is 0 Å². The number of nitrogens with zero attached hydrogens (tertiary/aromatic N) is 1. The van der Waals surface area contributed by atoms with E-state index in [0.29, 0.717) is 25.9 Å². The summed E-state index contributed by atoms with van der Waals surface area (Å²) in [5, 5.41) is 4.37. The third kappa shape index (κ3) is 3.92. The van der Waals surface area contributed by atoms with Crippen LogP contribution in [0.25, 0.3) is 0 Å². The van der Waals surface area contributed by atoms with Crippen LogP contribution in [0.2, 0.25) is 0 Å². The molecule has 1 fully saturated rings. The lowest BCUT2D eigenvalue weighted by molar-refractivity contribution is -0.160. The maximum Gasteiger partial charge on any atom is 0.407 e. The Morgan fingerprint density at radius 2 is 1.74 bits per heavy atom. The molecule has 0 aliphatic carbocycles. The molecule has 3 nitrogen and oxygen atoms in total. The van der Waals surface area contributed by atoms with E-state index >= 15 is 0 Å². The molecule has 1 atom stereocenters. The van der Waals surface area contributed by atoms with Crippen molar-refractivity contribution in [3.8, 4) is 0 Å². The molecule has 0 aromatic heterocycles. The van der Waals surface area contributed by atoms with Crippen molar-refractivity contribution >= 4 is 0 Å². The summed E-state index contributed by atoms with van der Waals surface area (Å²) < 4.78 is 39.4. The van der Waals surface area contributed by atoms with E-state index in [1.807, 2.05) is 0 Å². The smallest absolute Gasteiger partial charge is 0.300 e. The van der Waals surface area contributed by atoms with Crippen molar-refractivity contribution in [2.24, 2.45) is 5.84 Å². The van der Waals surface area contributed by atoms with Gasteiger partial charge in [0, 0.05) is 19.1 Å². The van der Waals surface area contributed by atoms with E-state index in [9.17, 15) is 13.2 Å². The Labute approximate surface area is 110 Å². The van der Waals surface area contributed by atoms with Crippen LogP contribution in [0.5, 0.6) is 0 Å². The third-order valence-corrected chi connectivity index (χ3v) is 3.39. The van der Waals surface area contributed by atoms with Gasteiger partial charge in [-0.15, -0.1) is 0 Å². The fraction of sp³-hybridized carbons (Fsp3) is 0.538. The molecule has 19 heavy (non-hydrogen) atoms. The summed E-state index contributed by atoms with van der Waals surface area (Å²) in [6, 6.07) is 6.21. The van der Waals surface area contributed by atoms with Gasteiger partial charge in [-0.05, 0) is 18.4 Å². The predicted molar refractivity (Wildman–Crippen MR) is 67.2 cm³/mol. The zero-order valence-electron chi connectivity index (χ0n) is 10.5. The molecule has 1 aliphatic heterocycles. The lowest BCUT2D eigenvalue weighted by Crippen LogP contribution is -2.48. The highest BCUT2D eigenvalue weighted by Gasteiger charge is 2.41. The van der Waals surface area contributed by atoms with Gasteiger partial charge in [-0.2, -0.15) is 13.2 Å². The number of halogens is 3. The van der Waals surface area contributed by atoms with E-state index in [4.69, 9.17) is 5.84 Å². The molecule has 1 aromatic carbocycles. The predicted octanol–water partition coefficient (Wildman–Crippen LogP) is 2.22. The number of hydrazine groups is 1. The lowest BCUT2D eigenvalue weighted by Gasteiger charge is -2.33. The number of rotatable bonds is 3. The molecule has 3 N–H and O–H groups in total. The van der Waals surface area contributed by atoms with Gasteiger partial charge in [0.1, 0.15) is 6.04 Å². The molecule has 0 saturated carbocycles. The summed E-state index contributed by atoms with van der Waals surface area (Å²) in [4.78, 5) is 0. The molecule has 0 radical (unpaired) electrons. The van der Waals surface area contributed by atoms with Crippen LogP contribution in [0.4, 0.5) is 13.2 Å². The standard InChI is InChI=1S/C13H18F3N3/c14-13(15,16)12(10-4-2-1-3-5-10)18-11-6-8-19(17)9-7-11/h1-5,11-12,18H,6-9,17H2. The maximum atomic E-state index is 13.1. The van der Waals surface area contributed by atoms with Crippen LogP contribution in [0.3, 0.4) is 0 Å². The molecule has 1 aliphatic rings. The van der Waals surface area contributed by atoms with E-state index < -0.39 is 12.2 Å². The third-order valence-electron chi connectivity index (χ3n) is 3.39. The van der Waals surface area contributed by atoms with Gasteiger partial charge in [0.05, 0.1) is 0 Å². The summed E-state index contributed by atoms with van der Waals surface area (Å²) in [5.74, 6) is 5.61. The van der Waals surface area contributed by atoms with Gasteiger partial charge in [-0.3, -0.25) is 11.2 Å². The second-order valence-electron chi connectivity index (χ2n) is 4.86. The quantitative estimate of drug-likeness (QED) is 0.830. The van der Waals surface area contributed by atoms with E-state index in [-0.39, 0.29) is 11.6 Å². The highest BCUT2D eigenvalue weighted by Crippen LogP contribution is 2.33. The Bertz CT molecular complexity index is 386. The van der Waals surface area contributed by atoms with Gasteiger partial charge in [0.15, 0.2) is 0 Å². The molecule has 0 amide bonds. The molecule has 1 saturated heterocycles. The van der Waals surface area contributed by atoms with Gasteiger partial charge < -0.3 is 0 Å². The van der Waals surface area contributed by atoms with Crippen LogP contribution in [-0.2, 0) is 0 Å². The highest BCUT2D eigenvalue weighted by atomic mass is 19.4. The van der Waals surface area contributed by atoms with Crippen molar-refractivity contribution < 1.29 is 13.2 Å². The van der Waals surface area contributed by atoms with Crippen molar-refractivity contribution in [2.45, 2.75) is 31.1 Å². The Hall–Kier alpha value is -1.11. The molecule has 0 spiro atoms. The van der Waals surface area contributed by atoms with Gasteiger partial charge in [-0.1, -0.05) is 30.3 Å². The fourth-order valence-electron chi connectivity index (χ4n) is 2.33. The molecule has 0 bridgehead atoms. The van der Waals surface area contributed by atoms with Gasteiger partial charge in [0.25, 0.3) is 0 Å². The van der Waals surface area contributed by atoms with E-state index in [1.54, 1.807) is 23.2 Å². The van der Waals surface area contributed by atoms with Crippen LogP contribution < -0.4 is 11.2 Å². The van der Waals surface area contributed by atoms with Crippen LogP contribution >= 0.6 is 0 Å². The first-order chi connectivity index (χ1) is 8.97. The van der Waals surface area contributed by atoms with Gasteiger partial charge in [-0.25, -0.2) is 5.01 Å². The molecule has 1 unspecified atom stereocenters. The number of benzene rings is 1. The second-order valence-corrected chi connectivity index (χ2v) is 4.86. The number of alkyl halides is 3. The summed E-state index contributed by atoms with van der Waals surface area (Å²) >= 11 is 0. The molecule has 6 heteroatoms. The van der Waals surface area contributed by atoms with Crippen molar-refractivity contribution in [1.82, 2.24) is 10.3 Å². The molecule has 2 rings (SSSR count). The normalized spacial score (nSPS) is 20.4. The van der Waals surface area contributed by atoms with Crippen molar-refractivity contribution in [1.29, 1.82) is 0 Å². The summed E-state index contributed by atoms with van der Waals surface area (Å²) in [6.07, 6.45) is -3.02. The minimum absolute atomic E-state index is 0.147. The average Bonchev–Trinajstić information content (AvgIpc) is 2.37. The number of hydrogen-bond donors (Lipinski definition) is 2. The molecule has 1 aromatic rings. The molecule has 1 heterocycles. The Morgan fingerprint density at radius 3 is 2.26 bits per heavy atom. The topological polar surface area (TPSA) is 41.3 Å². The van der Waals surface area contributed by atoms with Crippen LogP contribution in [0.1, 0.15) is 24.4 Å². The Morgan fingerprint density at radius 1 is 1.16 bits per heavy atom. The zero-order chi connectivity index (χ0) is 13.9. The van der Waals surface area contributed by atoms with Gasteiger partial charge >= 0.3 is 6.18 Å². The highest BCUT2D eigenvalue weighted by molar-refractivity contribution is 5.20. The molecular formula is C13H18F3N3. The fourth-order valence-corrected chi connectivity index (χ4v) is 2.33. The first kappa shape index (κ1) is 14.3. The number of nitrogens with one attached hydrogen (secondary N) is 1. The maximum absolute atomic E-state index is 13.1. The van der Waals surface area contributed by atoms with Crippen molar-refractivity contribution in [3.63, 3.8) is 0 Å². The van der Waals surface area contributed by atoms with Crippen molar-refractivity contribution in [2.75, 3.05) is 13.1 Å². The minimum atomic E-state index is -4.29. The molecular weight excluding hydrogens is 255 g/mol.